The van der Waals surface area contributed by atoms with E-state index in [4.69, 9.17) is 4.74 Å². The maximum absolute atomic E-state index is 14.5. The monoisotopic (exact) mass is 477 g/mol. The number of ether oxygens (including phenoxy) is 1. The van der Waals surface area contributed by atoms with Gasteiger partial charge >= 0.3 is 0 Å². The van der Waals surface area contributed by atoms with Crippen LogP contribution < -0.4 is 4.74 Å². The number of nitrogens with zero attached hydrogens (tertiary/aromatic N) is 3. The van der Waals surface area contributed by atoms with Crippen molar-refractivity contribution in [1.29, 1.82) is 0 Å². The van der Waals surface area contributed by atoms with Gasteiger partial charge in [0.1, 0.15) is 5.82 Å². The second-order valence-electron chi connectivity index (χ2n) is 8.45. The Morgan fingerprint density at radius 1 is 0.971 bits per heavy atom. The maximum Gasteiger partial charge on any atom is 0.227 e. The minimum atomic E-state index is -0.661. The molecule has 0 saturated carbocycles. The Balaban J connectivity index is 1.70. The first-order valence-corrected chi connectivity index (χ1v) is 11.7. The summed E-state index contributed by atoms with van der Waals surface area (Å²) < 4.78 is 35.7. The van der Waals surface area contributed by atoms with Crippen LogP contribution in [0.2, 0.25) is 0 Å². The smallest absolute Gasteiger partial charge is 0.227 e. The molecule has 1 N–H and O–H groups in total. The molecule has 4 aromatic rings. The molecule has 4 rings (SSSR count). The van der Waals surface area contributed by atoms with Crippen LogP contribution in [0.3, 0.4) is 0 Å². The van der Waals surface area contributed by atoms with Crippen molar-refractivity contribution in [1.82, 2.24) is 14.7 Å². The molecule has 1 unspecified atom stereocenters. The molecule has 0 aliphatic rings. The molecule has 0 amide bonds. The number of aryl methyl sites for hydroxylation is 1. The molecular formula is C28H29F2N3O2. The lowest BCUT2D eigenvalue weighted by atomic mass is 10.1. The van der Waals surface area contributed by atoms with Gasteiger partial charge in [-0.05, 0) is 61.9 Å². The molecule has 0 fully saturated rings. The minimum Gasteiger partial charge on any atom is -0.435 e. The summed E-state index contributed by atoms with van der Waals surface area (Å²) in [5.41, 5.74) is 2.91. The number of rotatable bonds is 10. The summed E-state index contributed by atoms with van der Waals surface area (Å²) in [6.45, 7) is 5.53. The fourth-order valence-corrected chi connectivity index (χ4v) is 4.01. The van der Waals surface area contributed by atoms with Crippen molar-refractivity contribution in [3.05, 3.63) is 107 Å². The van der Waals surface area contributed by atoms with Crippen LogP contribution in [0.15, 0.2) is 78.9 Å². The molecule has 0 radical (unpaired) electrons. The van der Waals surface area contributed by atoms with Crippen LogP contribution in [0.4, 0.5) is 8.78 Å². The van der Waals surface area contributed by atoms with Crippen molar-refractivity contribution in [3.63, 3.8) is 0 Å². The van der Waals surface area contributed by atoms with Crippen LogP contribution in [0.5, 0.6) is 11.6 Å². The van der Waals surface area contributed by atoms with Crippen molar-refractivity contribution in [3.8, 4) is 17.3 Å². The third-order valence-corrected chi connectivity index (χ3v) is 5.79. The van der Waals surface area contributed by atoms with Gasteiger partial charge in [0.05, 0.1) is 23.0 Å². The molecule has 1 heterocycles. The number of aromatic nitrogens is 2. The molecule has 7 heteroatoms. The summed E-state index contributed by atoms with van der Waals surface area (Å²) in [4.78, 5) is 2.13. The van der Waals surface area contributed by atoms with Gasteiger partial charge in [0.25, 0.3) is 0 Å². The third-order valence-electron chi connectivity index (χ3n) is 5.79. The summed E-state index contributed by atoms with van der Waals surface area (Å²) in [5.74, 6) is -0.427. The fraction of sp³-hybridized carbons (Fsp3) is 0.250. The molecule has 0 aliphatic heterocycles. The van der Waals surface area contributed by atoms with Crippen LogP contribution in [0.1, 0.15) is 36.3 Å². The van der Waals surface area contributed by atoms with Crippen LogP contribution in [0, 0.1) is 18.6 Å². The van der Waals surface area contributed by atoms with Gasteiger partial charge in [-0.2, -0.15) is 5.10 Å². The van der Waals surface area contributed by atoms with Crippen molar-refractivity contribution in [2.75, 3.05) is 13.1 Å². The predicted octanol–water partition coefficient (Wildman–Crippen LogP) is 6.20. The number of hydrogen-bond acceptors (Lipinski definition) is 4. The van der Waals surface area contributed by atoms with E-state index in [9.17, 15) is 13.9 Å². The topological polar surface area (TPSA) is 50.5 Å². The molecule has 0 saturated heterocycles. The first-order valence-electron chi connectivity index (χ1n) is 11.7. The zero-order valence-electron chi connectivity index (χ0n) is 19.9. The molecule has 35 heavy (non-hydrogen) atoms. The highest BCUT2D eigenvalue weighted by molar-refractivity contribution is 5.43. The van der Waals surface area contributed by atoms with E-state index in [2.05, 4.69) is 16.9 Å². The van der Waals surface area contributed by atoms with Gasteiger partial charge in [-0.1, -0.05) is 49.4 Å². The predicted molar refractivity (Wildman–Crippen MR) is 132 cm³/mol. The summed E-state index contributed by atoms with van der Waals surface area (Å²) >= 11 is 0. The molecule has 182 valence electrons. The minimum absolute atomic E-state index is 0.0726. The molecule has 1 atom stereocenters. The van der Waals surface area contributed by atoms with Gasteiger partial charge in [0, 0.05) is 13.1 Å². The highest BCUT2D eigenvalue weighted by atomic mass is 19.1. The van der Waals surface area contributed by atoms with Gasteiger partial charge < -0.3 is 9.84 Å². The van der Waals surface area contributed by atoms with Gasteiger partial charge in [-0.15, -0.1) is 0 Å². The lowest BCUT2D eigenvalue weighted by Crippen LogP contribution is -2.29. The van der Waals surface area contributed by atoms with Crippen LogP contribution >= 0.6 is 0 Å². The van der Waals surface area contributed by atoms with Crippen LogP contribution in [-0.2, 0) is 6.54 Å². The Morgan fingerprint density at radius 2 is 1.66 bits per heavy atom. The van der Waals surface area contributed by atoms with Crippen molar-refractivity contribution in [2.45, 2.75) is 32.9 Å². The van der Waals surface area contributed by atoms with E-state index in [1.807, 2.05) is 37.3 Å². The second-order valence-corrected chi connectivity index (χ2v) is 8.45. The summed E-state index contributed by atoms with van der Waals surface area (Å²) in [6.07, 6.45) is 0.224. The molecular weight excluding hydrogens is 448 g/mol. The van der Waals surface area contributed by atoms with E-state index < -0.39 is 11.9 Å². The third kappa shape index (κ3) is 5.93. The highest BCUT2D eigenvalue weighted by Gasteiger charge is 2.23. The van der Waals surface area contributed by atoms with E-state index in [1.54, 1.807) is 35.0 Å². The van der Waals surface area contributed by atoms with Crippen molar-refractivity contribution in [2.24, 2.45) is 0 Å². The Bertz CT molecular complexity index is 1240. The maximum atomic E-state index is 14.5. The van der Waals surface area contributed by atoms with E-state index in [1.165, 1.54) is 18.2 Å². The van der Waals surface area contributed by atoms with Crippen LogP contribution in [0.25, 0.3) is 5.69 Å². The number of hydrogen-bond donors (Lipinski definition) is 1. The van der Waals surface area contributed by atoms with Gasteiger partial charge in [-0.25, -0.2) is 13.5 Å². The SMILES string of the molecule is CCCN(Cc1c(C)nn(-c2ccc(F)cc2)c1Oc1ccccc1F)CC(O)c1ccccc1. The average Bonchev–Trinajstić information content (AvgIpc) is 3.16. The molecule has 1 aromatic heterocycles. The molecule has 0 bridgehead atoms. The van der Waals surface area contributed by atoms with E-state index in [0.717, 1.165) is 24.1 Å². The normalized spacial score (nSPS) is 12.2. The number of aliphatic hydroxyl groups is 1. The van der Waals surface area contributed by atoms with Gasteiger partial charge in [0.15, 0.2) is 11.6 Å². The fourth-order valence-electron chi connectivity index (χ4n) is 4.01. The summed E-state index contributed by atoms with van der Waals surface area (Å²) in [6, 6.07) is 21.6. The first-order chi connectivity index (χ1) is 17.0. The average molecular weight is 478 g/mol. The Hall–Kier alpha value is -3.55. The van der Waals surface area contributed by atoms with Crippen LogP contribution in [-0.4, -0.2) is 32.9 Å². The van der Waals surface area contributed by atoms with E-state index >= 15 is 0 Å². The number of halogens is 2. The summed E-state index contributed by atoms with van der Waals surface area (Å²) in [5, 5.41) is 15.5. The number of aliphatic hydroxyl groups excluding tert-OH is 1. The number of benzene rings is 3. The standard InChI is InChI=1S/C28H29F2N3O2/c1-3-17-32(19-26(34)21-9-5-4-6-10-21)18-24-20(2)31-33(23-15-13-22(29)14-16-23)28(24)35-27-12-8-7-11-25(27)30/h4-16,26,34H,3,17-19H2,1-2H3. The molecule has 0 spiro atoms. The van der Waals surface area contributed by atoms with Gasteiger partial charge in [0.2, 0.25) is 5.88 Å². The highest BCUT2D eigenvalue weighted by Crippen LogP contribution is 2.33. The Labute approximate surface area is 204 Å². The Morgan fingerprint density at radius 3 is 2.34 bits per heavy atom. The van der Waals surface area contributed by atoms with E-state index in [-0.39, 0.29) is 11.6 Å². The van der Waals surface area contributed by atoms with E-state index in [0.29, 0.717) is 30.4 Å². The lowest BCUT2D eigenvalue weighted by Gasteiger charge is -2.25. The molecule has 3 aromatic carbocycles. The van der Waals surface area contributed by atoms with Gasteiger partial charge in [-0.3, -0.25) is 4.90 Å². The largest absolute Gasteiger partial charge is 0.435 e. The molecule has 0 aliphatic carbocycles. The summed E-state index contributed by atoms with van der Waals surface area (Å²) in [7, 11) is 0. The zero-order chi connectivity index (χ0) is 24.8. The van der Waals surface area contributed by atoms with Crippen molar-refractivity contribution < 1.29 is 18.6 Å². The van der Waals surface area contributed by atoms with Crippen molar-refractivity contribution >= 4 is 0 Å². The second kappa shape index (κ2) is 11.3. The molecule has 5 nitrogen and oxygen atoms in total. The lowest BCUT2D eigenvalue weighted by molar-refractivity contribution is 0.108. The number of para-hydroxylation sites is 1. The quantitative estimate of drug-likeness (QED) is 0.296. The zero-order valence-corrected chi connectivity index (χ0v) is 19.9. The first kappa shape index (κ1) is 24.6. The Kier molecular flexibility index (Phi) is 7.90.